The van der Waals surface area contributed by atoms with E-state index in [4.69, 9.17) is 14.4 Å². The number of rotatable bonds is 6. The molecule has 24 heavy (non-hydrogen) atoms. The highest BCUT2D eigenvalue weighted by molar-refractivity contribution is 6.74. The van der Waals surface area contributed by atoms with E-state index in [0.29, 0.717) is 18.7 Å². The second kappa shape index (κ2) is 8.00. The summed E-state index contributed by atoms with van der Waals surface area (Å²) in [5.41, 5.74) is 0.00593. The van der Waals surface area contributed by atoms with Gasteiger partial charge in [0, 0.05) is 12.5 Å². The highest BCUT2D eigenvalue weighted by Gasteiger charge is 2.46. The fourth-order valence-electron chi connectivity index (χ4n) is 3.12. The fourth-order valence-corrected chi connectivity index (χ4v) is 4.54. The van der Waals surface area contributed by atoms with Crippen LogP contribution in [0.15, 0.2) is 5.16 Å². The van der Waals surface area contributed by atoms with Crippen molar-refractivity contribution in [3.05, 3.63) is 0 Å². The van der Waals surface area contributed by atoms with Gasteiger partial charge in [0.15, 0.2) is 8.32 Å². The van der Waals surface area contributed by atoms with E-state index in [9.17, 15) is 4.79 Å². The molecule has 5 nitrogen and oxygen atoms in total. The van der Waals surface area contributed by atoms with E-state index in [1.165, 1.54) is 0 Å². The number of hydrogen-bond donors (Lipinski definition) is 1. The Morgan fingerprint density at radius 3 is 2.25 bits per heavy atom. The number of nitrogens with zero attached hydrogens (tertiary/aromatic N) is 1. The Labute approximate surface area is 147 Å². The monoisotopic (exact) mass is 357 g/mol. The van der Waals surface area contributed by atoms with Crippen LogP contribution in [0.2, 0.25) is 18.1 Å². The predicted octanol–water partition coefficient (Wildman–Crippen LogP) is 4.74. The van der Waals surface area contributed by atoms with Gasteiger partial charge in [0.2, 0.25) is 0 Å². The maximum atomic E-state index is 12.5. The van der Waals surface area contributed by atoms with Gasteiger partial charge in [-0.3, -0.25) is 4.79 Å². The third kappa shape index (κ3) is 5.05. The average Bonchev–Trinajstić information content (AvgIpc) is 2.48. The smallest absolute Gasteiger partial charge is 0.312 e. The molecule has 0 aromatic rings. The summed E-state index contributed by atoms with van der Waals surface area (Å²) in [6, 6.07) is 0. The molecule has 140 valence electrons. The van der Waals surface area contributed by atoms with Crippen LogP contribution in [0.25, 0.3) is 0 Å². The molecule has 1 fully saturated rings. The maximum Gasteiger partial charge on any atom is 0.312 e. The van der Waals surface area contributed by atoms with E-state index >= 15 is 0 Å². The standard InChI is InChI=1S/C18H35NO4Si/c1-8-22-16(20)18(13-14(2)19-21)11-9-15(10-12-18)23-24(6,7)17(3,4)5/h15,21H,8-13H2,1-7H3/b19-14+. The molecule has 0 unspecified atom stereocenters. The summed E-state index contributed by atoms with van der Waals surface area (Å²) in [7, 11) is -1.80. The molecule has 1 aliphatic carbocycles. The normalized spacial score (nSPS) is 26.3. The molecule has 0 aliphatic heterocycles. The number of carbonyl (C=O) groups is 1. The topological polar surface area (TPSA) is 68.1 Å². The molecule has 0 radical (unpaired) electrons. The van der Waals surface area contributed by atoms with Gasteiger partial charge in [-0.1, -0.05) is 25.9 Å². The lowest BCUT2D eigenvalue weighted by Gasteiger charge is -2.43. The van der Waals surface area contributed by atoms with E-state index in [1.807, 2.05) is 6.92 Å². The van der Waals surface area contributed by atoms with Crippen LogP contribution >= 0.6 is 0 Å². The van der Waals surface area contributed by atoms with Crippen molar-refractivity contribution in [3.63, 3.8) is 0 Å². The maximum absolute atomic E-state index is 12.5. The number of ether oxygens (including phenoxy) is 1. The molecule has 1 saturated carbocycles. The number of carbonyl (C=O) groups excluding carboxylic acids is 1. The van der Waals surface area contributed by atoms with E-state index in [2.05, 4.69) is 39.0 Å². The highest BCUT2D eigenvalue weighted by Crippen LogP contribution is 2.44. The SMILES string of the molecule is CCOC(=O)C1(C/C(C)=N/O)CCC(O[Si](C)(C)C(C)(C)C)CC1. The van der Waals surface area contributed by atoms with Crippen molar-refractivity contribution in [2.24, 2.45) is 10.6 Å². The van der Waals surface area contributed by atoms with Gasteiger partial charge in [-0.05, 0) is 57.7 Å². The van der Waals surface area contributed by atoms with Crippen LogP contribution in [-0.2, 0) is 14.0 Å². The van der Waals surface area contributed by atoms with Crippen molar-refractivity contribution in [2.45, 2.75) is 91.0 Å². The number of hydrogen-bond acceptors (Lipinski definition) is 5. The van der Waals surface area contributed by atoms with Gasteiger partial charge in [-0.2, -0.15) is 0 Å². The average molecular weight is 358 g/mol. The molecular formula is C18H35NO4Si. The van der Waals surface area contributed by atoms with Gasteiger partial charge < -0.3 is 14.4 Å². The van der Waals surface area contributed by atoms with Gasteiger partial charge in [0.1, 0.15) is 0 Å². The largest absolute Gasteiger partial charge is 0.466 e. The summed E-state index contributed by atoms with van der Waals surface area (Å²) in [5.74, 6) is -0.168. The first-order valence-electron chi connectivity index (χ1n) is 9.00. The molecule has 1 N–H and O–H groups in total. The number of esters is 1. The van der Waals surface area contributed by atoms with Gasteiger partial charge in [-0.25, -0.2) is 0 Å². The first-order valence-corrected chi connectivity index (χ1v) is 11.9. The first-order chi connectivity index (χ1) is 11.0. The Kier molecular flexibility index (Phi) is 7.05. The van der Waals surface area contributed by atoms with Crippen molar-refractivity contribution < 1.29 is 19.2 Å². The molecule has 0 spiro atoms. The van der Waals surface area contributed by atoms with E-state index < -0.39 is 13.7 Å². The Morgan fingerprint density at radius 2 is 1.83 bits per heavy atom. The minimum atomic E-state index is -1.80. The summed E-state index contributed by atoms with van der Waals surface area (Å²) in [6.45, 7) is 15.2. The Morgan fingerprint density at radius 1 is 1.29 bits per heavy atom. The molecule has 0 aromatic carbocycles. The molecule has 0 amide bonds. The summed E-state index contributed by atoms with van der Waals surface area (Å²) in [5, 5.41) is 12.5. The van der Waals surface area contributed by atoms with Gasteiger partial charge in [0.25, 0.3) is 0 Å². The van der Waals surface area contributed by atoms with Crippen molar-refractivity contribution in [3.8, 4) is 0 Å². The zero-order chi connectivity index (χ0) is 18.6. The predicted molar refractivity (Wildman–Crippen MR) is 99.1 cm³/mol. The van der Waals surface area contributed by atoms with E-state index in [-0.39, 0.29) is 17.1 Å². The highest BCUT2D eigenvalue weighted by atomic mass is 28.4. The molecular weight excluding hydrogens is 322 g/mol. The minimum Gasteiger partial charge on any atom is -0.466 e. The van der Waals surface area contributed by atoms with Crippen LogP contribution < -0.4 is 0 Å². The van der Waals surface area contributed by atoms with Gasteiger partial charge in [0.05, 0.1) is 17.7 Å². The fraction of sp³-hybridized carbons (Fsp3) is 0.889. The van der Waals surface area contributed by atoms with E-state index in [1.54, 1.807) is 6.92 Å². The van der Waals surface area contributed by atoms with Crippen LogP contribution in [0.1, 0.15) is 66.7 Å². The lowest BCUT2D eigenvalue weighted by Crippen LogP contribution is -2.47. The second-order valence-corrected chi connectivity index (χ2v) is 13.3. The number of oxime groups is 1. The third-order valence-corrected chi connectivity index (χ3v) is 10.2. The lowest BCUT2D eigenvalue weighted by atomic mass is 9.70. The van der Waals surface area contributed by atoms with Crippen molar-refractivity contribution >= 4 is 20.0 Å². The Bertz CT molecular complexity index is 460. The zero-order valence-electron chi connectivity index (χ0n) is 16.4. The minimum absolute atomic E-state index is 0.168. The van der Waals surface area contributed by atoms with Crippen LogP contribution in [0.5, 0.6) is 0 Å². The molecule has 1 aliphatic rings. The van der Waals surface area contributed by atoms with Crippen molar-refractivity contribution in [1.29, 1.82) is 0 Å². The van der Waals surface area contributed by atoms with Crippen molar-refractivity contribution in [2.75, 3.05) is 6.61 Å². The lowest BCUT2D eigenvalue weighted by molar-refractivity contribution is -0.158. The molecule has 0 bridgehead atoms. The molecule has 0 heterocycles. The van der Waals surface area contributed by atoms with Crippen LogP contribution in [0.3, 0.4) is 0 Å². The van der Waals surface area contributed by atoms with Gasteiger partial charge >= 0.3 is 5.97 Å². The second-order valence-electron chi connectivity index (χ2n) is 8.59. The van der Waals surface area contributed by atoms with Crippen LogP contribution in [-0.4, -0.2) is 37.9 Å². The molecule has 6 heteroatoms. The summed E-state index contributed by atoms with van der Waals surface area (Å²) in [4.78, 5) is 12.5. The zero-order valence-corrected chi connectivity index (χ0v) is 17.4. The van der Waals surface area contributed by atoms with Crippen LogP contribution in [0, 0.1) is 5.41 Å². The van der Waals surface area contributed by atoms with E-state index in [0.717, 1.165) is 25.7 Å². The molecule has 0 atom stereocenters. The van der Waals surface area contributed by atoms with Crippen molar-refractivity contribution in [1.82, 2.24) is 0 Å². The Balaban J connectivity index is 2.81. The molecule has 0 aromatic heterocycles. The molecule has 0 saturated heterocycles. The molecule has 1 rings (SSSR count). The summed E-state index contributed by atoms with van der Waals surface area (Å²) in [6.07, 6.45) is 3.80. The van der Waals surface area contributed by atoms with Gasteiger partial charge in [-0.15, -0.1) is 0 Å². The summed E-state index contributed by atoms with van der Waals surface area (Å²) >= 11 is 0. The third-order valence-electron chi connectivity index (χ3n) is 5.63. The quantitative estimate of drug-likeness (QED) is 0.245. The summed E-state index contributed by atoms with van der Waals surface area (Å²) < 4.78 is 11.8. The first kappa shape index (κ1) is 21.2. The Hall–Kier alpha value is -0.883. The van der Waals surface area contributed by atoms with Crippen LogP contribution in [0.4, 0.5) is 0 Å².